The molecule has 0 amide bonds. The molecule has 4 nitrogen and oxygen atoms in total. The van der Waals surface area contributed by atoms with Gasteiger partial charge in [-0.2, -0.15) is 0 Å². The molecule has 1 saturated carbocycles. The van der Waals surface area contributed by atoms with Crippen LogP contribution in [0.2, 0.25) is 0 Å². The number of hydrogen-bond donors (Lipinski definition) is 1. The molecular formula is C28H57O4P. The van der Waals surface area contributed by atoms with Crippen LogP contribution in [-0.4, -0.2) is 17.6 Å². The molecule has 0 heterocycles. The molecule has 198 valence electrons. The smallest absolute Gasteiger partial charge is 0.302 e. The van der Waals surface area contributed by atoms with Gasteiger partial charge < -0.3 is 4.89 Å². The van der Waals surface area contributed by atoms with Crippen molar-refractivity contribution >= 4 is 7.82 Å². The summed E-state index contributed by atoms with van der Waals surface area (Å²) < 4.78 is 23.1. The highest BCUT2D eigenvalue weighted by Gasteiger charge is 2.26. The average Bonchev–Trinajstić information content (AvgIpc) is 2.80. The predicted octanol–water partition coefficient (Wildman–Crippen LogP) is 10.3. The van der Waals surface area contributed by atoms with Gasteiger partial charge >= 0.3 is 7.82 Å². The Hall–Kier alpha value is 0.110. The predicted molar refractivity (Wildman–Crippen MR) is 142 cm³/mol. The van der Waals surface area contributed by atoms with Gasteiger partial charge in [0.15, 0.2) is 0 Å². The van der Waals surface area contributed by atoms with E-state index >= 15 is 0 Å². The Kier molecular flexibility index (Phi) is 21.3. The van der Waals surface area contributed by atoms with Crippen LogP contribution in [0.4, 0.5) is 0 Å². The SMILES string of the molecule is CCCCCCCCCCCCCCCCCCOP(=O)(O)OC1CCCCCCCCC1. The van der Waals surface area contributed by atoms with E-state index < -0.39 is 7.82 Å². The van der Waals surface area contributed by atoms with Crippen molar-refractivity contribution in [3.05, 3.63) is 0 Å². The first kappa shape index (κ1) is 31.1. The zero-order chi connectivity index (χ0) is 23.9. The molecule has 0 aromatic heterocycles. The van der Waals surface area contributed by atoms with E-state index in [0.717, 1.165) is 38.5 Å². The fourth-order valence-electron chi connectivity index (χ4n) is 4.93. The third-order valence-corrected chi connectivity index (χ3v) is 8.16. The molecule has 0 radical (unpaired) electrons. The van der Waals surface area contributed by atoms with Crippen LogP contribution < -0.4 is 0 Å². The maximum atomic E-state index is 12.3. The number of phosphoric acid groups is 1. The van der Waals surface area contributed by atoms with Crippen molar-refractivity contribution in [1.82, 2.24) is 0 Å². The van der Waals surface area contributed by atoms with Crippen LogP contribution in [0.5, 0.6) is 0 Å². The Labute approximate surface area is 206 Å². The second kappa shape index (κ2) is 22.6. The second-order valence-corrected chi connectivity index (χ2v) is 11.8. The fourth-order valence-corrected chi connectivity index (χ4v) is 5.93. The topological polar surface area (TPSA) is 55.8 Å². The fraction of sp³-hybridized carbons (Fsp3) is 1.00. The van der Waals surface area contributed by atoms with Crippen molar-refractivity contribution in [3.63, 3.8) is 0 Å². The van der Waals surface area contributed by atoms with Crippen molar-refractivity contribution in [1.29, 1.82) is 0 Å². The van der Waals surface area contributed by atoms with Gasteiger partial charge in [0.1, 0.15) is 0 Å². The minimum absolute atomic E-state index is 0.121. The van der Waals surface area contributed by atoms with E-state index in [1.807, 2.05) is 0 Å². The minimum Gasteiger partial charge on any atom is -0.302 e. The molecule has 33 heavy (non-hydrogen) atoms. The zero-order valence-corrected chi connectivity index (χ0v) is 23.0. The van der Waals surface area contributed by atoms with Gasteiger partial charge in [0.05, 0.1) is 12.7 Å². The van der Waals surface area contributed by atoms with Gasteiger partial charge in [0.2, 0.25) is 0 Å². The molecule has 0 aliphatic heterocycles. The third-order valence-electron chi connectivity index (χ3n) is 7.09. The molecule has 1 fully saturated rings. The van der Waals surface area contributed by atoms with Crippen LogP contribution in [0, 0.1) is 0 Å². The number of unbranched alkanes of at least 4 members (excludes halogenated alkanes) is 15. The Bertz CT molecular complexity index is 447. The third kappa shape index (κ3) is 21.1. The van der Waals surface area contributed by atoms with Crippen molar-refractivity contribution < 1.29 is 18.5 Å². The van der Waals surface area contributed by atoms with Crippen LogP contribution in [0.15, 0.2) is 0 Å². The first-order chi connectivity index (χ1) is 16.1. The summed E-state index contributed by atoms with van der Waals surface area (Å²) in [5, 5.41) is 0. The number of hydrogen-bond acceptors (Lipinski definition) is 3. The summed E-state index contributed by atoms with van der Waals surface area (Å²) in [7, 11) is -3.91. The summed E-state index contributed by atoms with van der Waals surface area (Å²) in [6, 6.07) is 0. The highest BCUT2D eigenvalue weighted by atomic mass is 31.2. The van der Waals surface area contributed by atoms with Crippen LogP contribution in [0.3, 0.4) is 0 Å². The molecule has 0 bridgehead atoms. The number of phosphoric ester groups is 1. The standard InChI is InChI=1S/C28H57O4P/c1-2-3-4-5-6-7-8-9-10-11-12-13-14-18-21-24-27-31-33(29,30)32-28-25-22-19-16-15-17-20-23-26-28/h28H,2-27H2,1H3,(H,29,30). The lowest BCUT2D eigenvalue weighted by molar-refractivity contribution is 0.0894. The Balaban J connectivity index is 1.89. The lowest BCUT2D eigenvalue weighted by Gasteiger charge is -2.21. The molecular weight excluding hydrogens is 431 g/mol. The van der Waals surface area contributed by atoms with Crippen LogP contribution >= 0.6 is 7.82 Å². The van der Waals surface area contributed by atoms with Crippen LogP contribution in [0.1, 0.15) is 167 Å². The van der Waals surface area contributed by atoms with E-state index in [9.17, 15) is 9.46 Å². The Morgan fingerprint density at radius 2 is 0.970 bits per heavy atom. The van der Waals surface area contributed by atoms with E-state index in [-0.39, 0.29) is 6.10 Å². The van der Waals surface area contributed by atoms with E-state index in [0.29, 0.717) is 6.61 Å². The first-order valence-corrected chi connectivity index (χ1v) is 16.3. The van der Waals surface area contributed by atoms with Crippen molar-refractivity contribution in [2.45, 2.75) is 174 Å². The normalized spacial score (nSPS) is 18.2. The Morgan fingerprint density at radius 1 is 0.606 bits per heavy atom. The molecule has 1 unspecified atom stereocenters. The average molecular weight is 489 g/mol. The van der Waals surface area contributed by atoms with E-state index in [1.54, 1.807) is 0 Å². The first-order valence-electron chi connectivity index (χ1n) is 14.8. The number of rotatable bonds is 20. The monoisotopic (exact) mass is 488 g/mol. The van der Waals surface area contributed by atoms with Gasteiger partial charge in [-0.15, -0.1) is 0 Å². The zero-order valence-electron chi connectivity index (χ0n) is 22.1. The second-order valence-electron chi connectivity index (χ2n) is 10.4. The molecule has 1 rings (SSSR count). The highest BCUT2D eigenvalue weighted by molar-refractivity contribution is 7.47. The van der Waals surface area contributed by atoms with Crippen molar-refractivity contribution in [2.75, 3.05) is 6.61 Å². The largest absolute Gasteiger partial charge is 0.472 e. The molecule has 1 atom stereocenters. The van der Waals surface area contributed by atoms with Gasteiger partial charge in [0.25, 0.3) is 0 Å². The van der Waals surface area contributed by atoms with E-state index in [2.05, 4.69) is 6.92 Å². The maximum absolute atomic E-state index is 12.3. The summed E-state index contributed by atoms with van der Waals surface area (Å²) in [4.78, 5) is 10.1. The van der Waals surface area contributed by atoms with Crippen molar-refractivity contribution in [3.8, 4) is 0 Å². The molecule has 0 aromatic rings. The van der Waals surface area contributed by atoms with Crippen LogP contribution in [0.25, 0.3) is 0 Å². The van der Waals surface area contributed by atoms with E-state index in [4.69, 9.17) is 9.05 Å². The molecule has 0 spiro atoms. The molecule has 0 aromatic carbocycles. The molecule has 1 aliphatic rings. The highest BCUT2D eigenvalue weighted by Crippen LogP contribution is 2.46. The summed E-state index contributed by atoms with van der Waals surface area (Å²) in [6.07, 6.45) is 31.2. The molecule has 1 aliphatic carbocycles. The lowest BCUT2D eigenvalue weighted by atomic mass is 9.99. The van der Waals surface area contributed by atoms with Gasteiger partial charge in [-0.25, -0.2) is 4.57 Å². The molecule has 5 heteroatoms. The Morgan fingerprint density at radius 3 is 1.39 bits per heavy atom. The lowest BCUT2D eigenvalue weighted by Crippen LogP contribution is -2.13. The van der Waals surface area contributed by atoms with Gasteiger partial charge in [-0.3, -0.25) is 9.05 Å². The van der Waals surface area contributed by atoms with Gasteiger partial charge in [0, 0.05) is 0 Å². The maximum Gasteiger partial charge on any atom is 0.472 e. The summed E-state index contributed by atoms with van der Waals surface area (Å²) in [5.41, 5.74) is 0. The van der Waals surface area contributed by atoms with Gasteiger partial charge in [-0.05, 0) is 19.3 Å². The summed E-state index contributed by atoms with van der Waals surface area (Å²) >= 11 is 0. The minimum atomic E-state index is -3.91. The van der Waals surface area contributed by atoms with E-state index in [1.165, 1.54) is 122 Å². The van der Waals surface area contributed by atoms with Crippen molar-refractivity contribution in [2.24, 2.45) is 0 Å². The van der Waals surface area contributed by atoms with Crippen LogP contribution in [-0.2, 0) is 13.6 Å². The molecule has 1 N–H and O–H groups in total. The summed E-state index contributed by atoms with van der Waals surface area (Å²) in [6.45, 7) is 2.61. The summed E-state index contributed by atoms with van der Waals surface area (Å²) in [5.74, 6) is 0. The molecule has 0 saturated heterocycles. The van der Waals surface area contributed by atoms with Gasteiger partial charge in [-0.1, -0.05) is 148 Å². The quantitative estimate of drug-likeness (QED) is 0.137.